The van der Waals surface area contributed by atoms with E-state index in [-0.39, 0.29) is 13.1 Å². The SMILES string of the molecule is Cc1cc(C)c(S(=O)(=O)NCCCCNS(=O)(=O)c2c(C)cc(C)cc2C)c(C)c1. The monoisotopic (exact) mass is 452 g/mol. The summed E-state index contributed by atoms with van der Waals surface area (Å²) in [4.78, 5) is 0.637. The van der Waals surface area contributed by atoms with Crippen LogP contribution in [0.15, 0.2) is 34.1 Å². The minimum Gasteiger partial charge on any atom is -0.211 e. The maximum atomic E-state index is 12.6. The number of sulfonamides is 2. The van der Waals surface area contributed by atoms with Crippen LogP contribution in [-0.4, -0.2) is 29.9 Å². The summed E-state index contributed by atoms with van der Waals surface area (Å²) in [7, 11) is -7.20. The van der Waals surface area contributed by atoms with E-state index in [1.54, 1.807) is 27.7 Å². The van der Waals surface area contributed by atoms with Crippen LogP contribution < -0.4 is 9.44 Å². The average molecular weight is 453 g/mol. The van der Waals surface area contributed by atoms with Crippen molar-refractivity contribution in [3.05, 3.63) is 57.6 Å². The van der Waals surface area contributed by atoms with E-state index in [0.717, 1.165) is 33.4 Å². The van der Waals surface area contributed by atoms with E-state index < -0.39 is 20.0 Å². The molecule has 2 aromatic rings. The molecule has 0 aliphatic carbocycles. The van der Waals surface area contributed by atoms with Gasteiger partial charge in [0.15, 0.2) is 0 Å². The van der Waals surface area contributed by atoms with Crippen LogP contribution in [0.2, 0.25) is 0 Å². The van der Waals surface area contributed by atoms with Crippen LogP contribution in [0.4, 0.5) is 0 Å². The number of hydrogen-bond donors (Lipinski definition) is 2. The summed E-state index contributed by atoms with van der Waals surface area (Å²) in [6.07, 6.45) is 1.05. The summed E-state index contributed by atoms with van der Waals surface area (Å²) in [5, 5.41) is 0. The molecule has 0 radical (unpaired) electrons. The van der Waals surface area contributed by atoms with E-state index >= 15 is 0 Å². The molecule has 0 unspecified atom stereocenters. The quantitative estimate of drug-likeness (QED) is 0.569. The van der Waals surface area contributed by atoms with Crippen molar-refractivity contribution in [2.24, 2.45) is 0 Å². The highest BCUT2D eigenvalue weighted by molar-refractivity contribution is 7.89. The van der Waals surface area contributed by atoms with Crippen LogP contribution in [0.5, 0.6) is 0 Å². The molecule has 0 saturated carbocycles. The minimum atomic E-state index is -3.60. The normalized spacial score (nSPS) is 12.3. The first-order valence-electron chi connectivity index (χ1n) is 10.00. The molecule has 0 fully saturated rings. The van der Waals surface area contributed by atoms with Crippen molar-refractivity contribution in [2.75, 3.05) is 13.1 Å². The molecule has 0 bridgehead atoms. The zero-order valence-electron chi connectivity index (χ0n) is 18.6. The molecule has 0 aliphatic rings. The average Bonchev–Trinajstić information content (AvgIpc) is 2.55. The zero-order valence-corrected chi connectivity index (χ0v) is 20.2. The summed E-state index contributed by atoms with van der Waals surface area (Å²) in [5.74, 6) is 0. The van der Waals surface area contributed by atoms with Crippen molar-refractivity contribution in [1.82, 2.24) is 9.44 Å². The molecule has 0 aliphatic heterocycles. The second kappa shape index (κ2) is 9.60. The van der Waals surface area contributed by atoms with E-state index in [2.05, 4.69) is 9.44 Å². The summed E-state index contributed by atoms with van der Waals surface area (Å²) >= 11 is 0. The van der Waals surface area contributed by atoms with E-state index in [0.29, 0.717) is 22.6 Å². The molecule has 6 nitrogen and oxygen atoms in total. The fourth-order valence-electron chi connectivity index (χ4n) is 3.99. The number of rotatable bonds is 9. The molecule has 0 aromatic heterocycles. The van der Waals surface area contributed by atoms with Crippen molar-refractivity contribution >= 4 is 20.0 Å². The molecule has 2 aromatic carbocycles. The summed E-state index contributed by atoms with van der Waals surface area (Å²) in [6.45, 7) is 11.5. The molecule has 0 heterocycles. The molecule has 166 valence electrons. The zero-order chi connectivity index (χ0) is 22.7. The Bertz CT molecular complexity index is 1000. The Balaban J connectivity index is 1.91. The molecule has 0 saturated heterocycles. The van der Waals surface area contributed by atoms with Crippen LogP contribution in [0.25, 0.3) is 0 Å². The minimum absolute atomic E-state index is 0.249. The van der Waals surface area contributed by atoms with Gasteiger partial charge in [-0.3, -0.25) is 0 Å². The largest absolute Gasteiger partial charge is 0.241 e. The van der Waals surface area contributed by atoms with Gasteiger partial charge < -0.3 is 0 Å². The predicted octanol–water partition coefficient (Wildman–Crippen LogP) is 3.57. The maximum absolute atomic E-state index is 12.6. The third kappa shape index (κ3) is 5.91. The fourth-order valence-corrected chi connectivity index (χ4v) is 7.03. The Hall–Kier alpha value is -1.74. The van der Waals surface area contributed by atoms with Crippen molar-refractivity contribution in [1.29, 1.82) is 0 Å². The van der Waals surface area contributed by atoms with Gasteiger partial charge in [-0.15, -0.1) is 0 Å². The molecule has 8 heteroatoms. The lowest BCUT2D eigenvalue weighted by atomic mass is 10.1. The molecular weight excluding hydrogens is 420 g/mol. The Morgan fingerprint density at radius 3 is 1.10 bits per heavy atom. The second-order valence-electron chi connectivity index (χ2n) is 7.96. The van der Waals surface area contributed by atoms with Crippen LogP contribution in [0.3, 0.4) is 0 Å². The van der Waals surface area contributed by atoms with E-state index in [1.165, 1.54) is 0 Å². The van der Waals surface area contributed by atoms with Gasteiger partial charge in [0, 0.05) is 13.1 Å². The first-order chi connectivity index (χ1) is 13.8. The van der Waals surface area contributed by atoms with Crippen LogP contribution in [0.1, 0.15) is 46.2 Å². The number of benzene rings is 2. The summed E-state index contributed by atoms with van der Waals surface area (Å²) in [5.41, 5.74) is 4.92. The van der Waals surface area contributed by atoms with Gasteiger partial charge >= 0.3 is 0 Å². The number of hydrogen-bond acceptors (Lipinski definition) is 4. The van der Waals surface area contributed by atoms with Gasteiger partial charge in [-0.1, -0.05) is 35.4 Å². The highest BCUT2D eigenvalue weighted by Gasteiger charge is 2.20. The molecule has 2 N–H and O–H groups in total. The van der Waals surface area contributed by atoms with Gasteiger partial charge in [0.1, 0.15) is 0 Å². The molecule has 30 heavy (non-hydrogen) atoms. The summed E-state index contributed by atoms with van der Waals surface area (Å²) < 4.78 is 55.8. The molecule has 2 rings (SSSR count). The molecule has 0 spiro atoms. The first kappa shape index (κ1) is 24.5. The maximum Gasteiger partial charge on any atom is 0.241 e. The van der Waals surface area contributed by atoms with Gasteiger partial charge in [0.2, 0.25) is 20.0 Å². The van der Waals surface area contributed by atoms with Gasteiger partial charge in [0.05, 0.1) is 9.79 Å². The highest BCUT2D eigenvalue weighted by atomic mass is 32.2. The van der Waals surface area contributed by atoms with Gasteiger partial charge in [0.25, 0.3) is 0 Å². The van der Waals surface area contributed by atoms with Crippen molar-refractivity contribution in [3.63, 3.8) is 0 Å². The van der Waals surface area contributed by atoms with Crippen molar-refractivity contribution in [3.8, 4) is 0 Å². The van der Waals surface area contributed by atoms with E-state index in [9.17, 15) is 16.8 Å². The highest BCUT2D eigenvalue weighted by Crippen LogP contribution is 2.22. The third-order valence-corrected chi connectivity index (χ3v) is 8.47. The van der Waals surface area contributed by atoms with Crippen LogP contribution in [0, 0.1) is 41.5 Å². The molecule has 0 amide bonds. The lowest BCUT2D eigenvalue weighted by molar-refractivity contribution is 0.566. The summed E-state index contributed by atoms with van der Waals surface area (Å²) in [6, 6.07) is 7.41. The van der Waals surface area contributed by atoms with E-state index in [4.69, 9.17) is 0 Å². The third-order valence-electron chi connectivity index (χ3n) is 4.93. The smallest absolute Gasteiger partial charge is 0.211 e. The lowest BCUT2D eigenvalue weighted by Gasteiger charge is -2.14. The van der Waals surface area contributed by atoms with Gasteiger partial charge in [-0.05, 0) is 76.6 Å². The Labute approximate surface area is 181 Å². The molecular formula is C22H32N2O4S2. The number of nitrogens with one attached hydrogen (secondary N) is 2. The standard InChI is InChI=1S/C22H32N2O4S2/c1-15-11-17(3)21(18(4)12-15)29(25,26)23-9-7-8-10-24-30(27,28)22-19(5)13-16(2)14-20(22)6/h11-14,23-24H,7-10H2,1-6H3. The van der Waals surface area contributed by atoms with Crippen molar-refractivity contribution < 1.29 is 16.8 Å². The van der Waals surface area contributed by atoms with Crippen molar-refractivity contribution in [2.45, 2.75) is 64.2 Å². The predicted molar refractivity (Wildman–Crippen MR) is 121 cm³/mol. The first-order valence-corrected chi connectivity index (χ1v) is 13.0. The van der Waals surface area contributed by atoms with Gasteiger partial charge in [-0.25, -0.2) is 26.3 Å². The Kier molecular flexibility index (Phi) is 7.85. The van der Waals surface area contributed by atoms with Gasteiger partial charge in [-0.2, -0.15) is 0 Å². The second-order valence-corrected chi connectivity index (χ2v) is 11.4. The Morgan fingerprint density at radius 1 is 0.567 bits per heavy atom. The van der Waals surface area contributed by atoms with E-state index in [1.807, 2.05) is 38.1 Å². The topological polar surface area (TPSA) is 92.3 Å². The molecule has 0 atom stereocenters. The lowest BCUT2D eigenvalue weighted by Crippen LogP contribution is -2.29. The fraction of sp³-hybridized carbons (Fsp3) is 0.455. The number of aryl methyl sites for hydroxylation is 6. The van der Waals surface area contributed by atoms with Crippen LogP contribution >= 0.6 is 0 Å². The Morgan fingerprint density at radius 2 is 0.833 bits per heavy atom. The number of unbranched alkanes of at least 4 members (excludes halogenated alkanes) is 1. The van der Waals surface area contributed by atoms with Crippen LogP contribution in [-0.2, 0) is 20.0 Å².